The van der Waals surface area contributed by atoms with Gasteiger partial charge in [-0.3, -0.25) is 0 Å². The topological polar surface area (TPSA) is 0 Å². The number of hydrogen-bond acceptors (Lipinski definition) is 0. The highest BCUT2D eigenvalue weighted by Gasteiger charge is 2.29. The lowest BCUT2D eigenvalue weighted by molar-refractivity contribution is 0.331. The van der Waals surface area contributed by atoms with Crippen molar-refractivity contribution in [3.05, 3.63) is 35.4 Å². The maximum absolute atomic E-state index is 2.39. The summed E-state index contributed by atoms with van der Waals surface area (Å²) in [5.74, 6) is 1.38. The molecule has 0 aromatic heterocycles. The smallest absolute Gasteiger partial charge is 0.00752 e. The van der Waals surface area contributed by atoms with Crippen molar-refractivity contribution in [3.8, 4) is 0 Å². The van der Waals surface area contributed by atoms with Gasteiger partial charge in [-0.15, -0.1) is 0 Å². The van der Waals surface area contributed by atoms with Gasteiger partial charge in [0.15, 0.2) is 0 Å². The second-order valence-corrected chi connectivity index (χ2v) is 5.93. The molecule has 0 bridgehead atoms. The van der Waals surface area contributed by atoms with Crippen LogP contribution >= 0.6 is 0 Å². The Labute approximate surface area is 107 Å². The Kier molecular flexibility index (Phi) is 4.80. The van der Waals surface area contributed by atoms with Crippen LogP contribution in [-0.2, 0) is 5.41 Å². The van der Waals surface area contributed by atoms with Gasteiger partial charge in [0.1, 0.15) is 0 Å². The van der Waals surface area contributed by atoms with Gasteiger partial charge in [-0.2, -0.15) is 0 Å². The van der Waals surface area contributed by atoms with Crippen LogP contribution in [0, 0.1) is 5.92 Å². The first kappa shape index (κ1) is 14.3. The predicted molar refractivity (Wildman–Crippen MR) is 77.6 cm³/mol. The summed E-state index contributed by atoms with van der Waals surface area (Å²) in [6.45, 7) is 14.1. The van der Waals surface area contributed by atoms with Crippen molar-refractivity contribution in [3.63, 3.8) is 0 Å². The standard InChI is InChI=1S/C17H28/c1-7-13(3)15-11-9-10-12-16(15)17(5,6)14(4)8-2/h9-14H,7-8H2,1-6H3. The van der Waals surface area contributed by atoms with Crippen LogP contribution in [0.5, 0.6) is 0 Å². The van der Waals surface area contributed by atoms with Gasteiger partial charge in [-0.05, 0) is 34.8 Å². The summed E-state index contributed by atoms with van der Waals surface area (Å²) in [5.41, 5.74) is 3.36. The fourth-order valence-electron chi connectivity index (χ4n) is 2.51. The van der Waals surface area contributed by atoms with E-state index >= 15 is 0 Å². The third-order valence-corrected chi connectivity index (χ3v) is 4.64. The molecule has 0 saturated carbocycles. The number of hydrogen-bond donors (Lipinski definition) is 0. The molecular weight excluding hydrogens is 204 g/mol. The Morgan fingerprint density at radius 2 is 1.59 bits per heavy atom. The molecule has 0 heterocycles. The molecule has 2 atom stereocenters. The zero-order chi connectivity index (χ0) is 13.1. The molecule has 96 valence electrons. The second kappa shape index (κ2) is 5.71. The van der Waals surface area contributed by atoms with Gasteiger partial charge in [-0.25, -0.2) is 0 Å². The number of rotatable bonds is 5. The molecule has 0 saturated heterocycles. The fourth-order valence-corrected chi connectivity index (χ4v) is 2.51. The third-order valence-electron chi connectivity index (χ3n) is 4.64. The molecule has 1 aromatic carbocycles. The van der Waals surface area contributed by atoms with E-state index in [1.807, 2.05) is 0 Å². The average molecular weight is 232 g/mol. The summed E-state index contributed by atoms with van der Waals surface area (Å²) in [4.78, 5) is 0. The molecule has 1 aromatic rings. The highest BCUT2D eigenvalue weighted by atomic mass is 14.3. The van der Waals surface area contributed by atoms with Gasteiger partial charge in [0, 0.05) is 0 Å². The van der Waals surface area contributed by atoms with Crippen LogP contribution < -0.4 is 0 Å². The molecule has 0 aliphatic heterocycles. The molecule has 0 spiro atoms. The van der Waals surface area contributed by atoms with Crippen LogP contribution in [0.15, 0.2) is 24.3 Å². The Morgan fingerprint density at radius 1 is 1.00 bits per heavy atom. The van der Waals surface area contributed by atoms with Crippen molar-refractivity contribution in [2.75, 3.05) is 0 Å². The quantitative estimate of drug-likeness (QED) is 0.626. The normalized spacial score (nSPS) is 15.6. The second-order valence-electron chi connectivity index (χ2n) is 5.93. The molecule has 1 rings (SSSR count). The lowest BCUT2D eigenvalue weighted by Gasteiger charge is -2.35. The first-order chi connectivity index (χ1) is 7.95. The van der Waals surface area contributed by atoms with Crippen LogP contribution in [0.4, 0.5) is 0 Å². The van der Waals surface area contributed by atoms with Gasteiger partial charge in [-0.1, -0.05) is 72.2 Å². The average Bonchev–Trinajstić information content (AvgIpc) is 2.36. The molecule has 2 unspecified atom stereocenters. The Bertz CT molecular complexity index is 349. The zero-order valence-corrected chi connectivity index (χ0v) is 12.4. The van der Waals surface area contributed by atoms with E-state index in [-0.39, 0.29) is 5.41 Å². The molecule has 0 fully saturated rings. The van der Waals surface area contributed by atoms with Crippen molar-refractivity contribution in [1.82, 2.24) is 0 Å². The first-order valence-corrected chi connectivity index (χ1v) is 7.04. The number of benzene rings is 1. The minimum atomic E-state index is 0.273. The van der Waals surface area contributed by atoms with Gasteiger partial charge in [0.2, 0.25) is 0 Å². The van der Waals surface area contributed by atoms with Gasteiger partial charge in [0.25, 0.3) is 0 Å². The van der Waals surface area contributed by atoms with E-state index in [1.165, 1.54) is 12.8 Å². The molecule has 0 amide bonds. The molecular formula is C17H28. The maximum Gasteiger partial charge on any atom is -0.00752 e. The van der Waals surface area contributed by atoms with Crippen molar-refractivity contribution in [1.29, 1.82) is 0 Å². The minimum absolute atomic E-state index is 0.273. The molecule has 0 N–H and O–H groups in total. The van der Waals surface area contributed by atoms with Gasteiger partial charge < -0.3 is 0 Å². The monoisotopic (exact) mass is 232 g/mol. The van der Waals surface area contributed by atoms with E-state index in [1.54, 1.807) is 11.1 Å². The van der Waals surface area contributed by atoms with E-state index in [2.05, 4.69) is 65.8 Å². The molecule has 0 heteroatoms. The minimum Gasteiger partial charge on any atom is -0.0651 e. The lowest BCUT2D eigenvalue weighted by atomic mass is 9.70. The van der Waals surface area contributed by atoms with Gasteiger partial charge >= 0.3 is 0 Å². The van der Waals surface area contributed by atoms with Crippen molar-refractivity contribution in [2.24, 2.45) is 5.92 Å². The lowest BCUT2D eigenvalue weighted by Crippen LogP contribution is -2.27. The largest absolute Gasteiger partial charge is 0.0651 e. The fraction of sp³-hybridized carbons (Fsp3) is 0.647. The predicted octanol–water partition coefficient (Wildman–Crippen LogP) is 5.52. The molecule has 0 radical (unpaired) electrons. The van der Waals surface area contributed by atoms with Crippen LogP contribution in [0.1, 0.15) is 71.4 Å². The van der Waals surface area contributed by atoms with Crippen molar-refractivity contribution < 1.29 is 0 Å². The van der Waals surface area contributed by atoms with E-state index in [4.69, 9.17) is 0 Å². The van der Waals surface area contributed by atoms with Crippen LogP contribution in [0.25, 0.3) is 0 Å². The van der Waals surface area contributed by atoms with E-state index in [0.29, 0.717) is 11.8 Å². The van der Waals surface area contributed by atoms with Crippen molar-refractivity contribution >= 4 is 0 Å². The van der Waals surface area contributed by atoms with Gasteiger partial charge in [0.05, 0.1) is 0 Å². The third kappa shape index (κ3) is 2.91. The van der Waals surface area contributed by atoms with E-state index in [9.17, 15) is 0 Å². The van der Waals surface area contributed by atoms with Crippen LogP contribution in [0.2, 0.25) is 0 Å². The highest BCUT2D eigenvalue weighted by Crippen LogP contribution is 2.38. The summed E-state index contributed by atoms with van der Waals surface area (Å²) < 4.78 is 0. The Morgan fingerprint density at radius 3 is 2.12 bits per heavy atom. The molecule has 0 aliphatic carbocycles. The van der Waals surface area contributed by atoms with Crippen molar-refractivity contribution in [2.45, 2.75) is 65.7 Å². The summed E-state index contributed by atoms with van der Waals surface area (Å²) in [6.07, 6.45) is 2.45. The molecule has 0 nitrogen and oxygen atoms in total. The SMILES string of the molecule is CCC(C)c1ccccc1C(C)(C)C(C)CC. The first-order valence-electron chi connectivity index (χ1n) is 7.04. The summed E-state index contributed by atoms with van der Waals surface area (Å²) in [7, 11) is 0. The summed E-state index contributed by atoms with van der Waals surface area (Å²) in [6, 6.07) is 9.00. The molecule has 0 aliphatic rings. The van der Waals surface area contributed by atoms with Crippen LogP contribution in [0.3, 0.4) is 0 Å². The summed E-state index contributed by atoms with van der Waals surface area (Å²) >= 11 is 0. The zero-order valence-electron chi connectivity index (χ0n) is 12.4. The Balaban J connectivity index is 3.21. The maximum atomic E-state index is 2.39. The van der Waals surface area contributed by atoms with E-state index in [0.717, 1.165) is 0 Å². The van der Waals surface area contributed by atoms with Crippen LogP contribution in [-0.4, -0.2) is 0 Å². The van der Waals surface area contributed by atoms with E-state index < -0.39 is 0 Å². The Hall–Kier alpha value is -0.780. The highest BCUT2D eigenvalue weighted by molar-refractivity contribution is 5.36. The molecule has 17 heavy (non-hydrogen) atoms. The summed E-state index contributed by atoms with van der Waals surface area (Å²) in [5, 5.41) is 0.